The lowest BCUT2D eigenvalue weighted by Gasteiger charge is -2.26. The van der Waals surface area contributed by atoms with Crippen LogP contribution in [0.15, 0.2) is 4.99 Å². The first-order valence-electron chi connectivity index (χ1n) is 5.62. The summed E-state index contributed by atoms with van der Waals surface area (Å²) in [5.74, 6) is 0.867. The summed E-state index contributed by atoms with van der Waals surface area (Å²) in [4.78, 5) is 4.35. The maximum Gasteiger partial charge on any atom is 0.191 e. The predicted molar refractivity (Wildman–Crippen MR) is 57.8 cm³/mol. The van der Waals surface area contributed by atoms with E-state index in [4.69, 9.17) is 9.47 Å². The number of rotatable bonds is 2. The molecule has 5 nitrogen and oxygen atoms in total. The van der Waals surface area contributed by atoms with Crippen molar-refractivity contribution >= 4 is 5.96 Å². The Morgan fingerprint density at radius 3 is 3.00 bits per heavy atom. The summed E-state index contributed by atoms with van der Waals surface area (Å²) in [7, 11) is 0. The molecule has 1 saturated heterocycles. The highest BCUT2D eigenvalue weighted by molar-refractivity contribution is 5.80. The van der Waals surface area contributed by atoms with Crippen molar-refractivity contribution in [1.29, 1.82) is 0 Å². The third kappa shape index (κ3) is 3.35. The van der Waals surface area contributed by atoms with E-state index in [0.717, 1.165) is 38.6 Å². The van der Waals surface area contributed by atoms with Gasteiger partial charge in [-0.15, -0.1) is 0 Å². The van der Waals surface area contributed by atoms with E-state index in [1.807, 2.05) is 0 Å². The first-order valence-corrected chi connectivity index (χ1v) is 5.62. The molecule has 0 aliphatic carbocycles. The van der Waals surface area contributed by atoms with Crippen LogP contribution in [0.4, 0.5) is 0 Å². The van der Waals surface area contributed by atoms with Gasteiger partial charge in [0.1, 0.15) is 0 Å². The van der Waals surface area contributed by atoms with Crippen LogP contribution in [0.25, 0.3) is 0 Å². The quantitative estimate of drug-likeness (QED) is 0.682. The van der Waals surface area contributed by atoms with Crippen LogP contribution in [0.2, 0.25) is 0 Å². The van der Waals surface area contributed by atoms with Crippen LogP contribution in [-0.4, -0.2) is 44.6 Å². The van der Waals surface area contributed by atoms with Gasteiger partial charge in [0.05, 0.1) is 19.8 Å². The van der Waals surface area contributed by atoms with Gasteiger partial charge >= 0.3 is 0 Å². The molecule has 0 aromatic carbocycles. The smallest absolute Gasteiger partial charge is 0.191 e. The van der Waals surface area contributed by atoms with Crippen molar-refractivity contribution < 1.29 is 9.47 Å². The topological polar surface area (TPSA) is 54.9 Å². The Morgan fingerprint density at radius 2 is 2.27 bits per heavy atom. The monoisotopic (exact) mass is 213 g/mol. The molecule has 2 aliphatic heterocycles. The van der Waals surface area contributed by atoms with Gasteiger partial charge in [0.25, 0.3) is 0 Å². The highest BCUT2D eigenvalue weighted by Crippen LogP contribution is 2.03. The summed E-state index contributed by atoms with van der Waals surface area (Å²) < 4.78 is 10.9. The van der Waals surface area contributed by atoms with E-state index in [9.17, 15) is 0 Å². The third-order valence-electron chi connectivity index (χ3n) is 2.55. The normalized spacial score (nSPS) is 28.1. The Morgan fingerprint density at radius 1 is 1.47 bits per heavy atom. The van der Waals surface area contributed by atoms with Crippen LogP contribution >= 0.6 is 0 Å². The summed E-state index contributed by atoms with van der Waals surface area (Å²) in [6, 6.07) is 0.498. The second-order valence-corrected chi connectivity index (χ2v) is 3.97. The summed E-state index contributed by atoms with van der Waals surface area (Å²) >= 11 is 0. The zero-order valence-electron chi connectivity index (χ0n) is 9.16. The van der Waals surface area contributed by atoms with Gasteiger partial charge in [0.2, 0.25) is 0 Å². The summed E-state index contributed by atoms with van der Waals surface area (Å²) in [5.41, 5.74) is 0. The largest absolute Gasteiger partial charge is 0.354 e. The third-order valence-corrected chi connectivity index (χ3v) is 2.55. The second-order valence-electron chi connectivity index (χ2n) is 3.97. The van der Waals surface area contributed by atoms with Crippen molar-refractivity contribution in [2.45, 2.75) is 32.1 Å². The number of nitrogens with one attached hydrogen (secondary N) is 2. The van der Waals surface area contributed by atoms with Gasteiger partial charge in [-0.2, -0.15) is 0 Å². The van der Waals surface area contributed by atoms with Gasteiger partial charge in [-0.3, -0.25) is 4.99 Å². The maximum atomic E-state index is 5.43. The maximum absolute atomic E-state index is 5.43. The van der Waals surface area contributed by atoms with Crippen LogP contribution in [0.5, 0.6) is 0 Å². The van der Waals surface area contributed by atoms with E-state index in [2.05, 4.69) is 22.5 Å². The van der Waals surface area contributed by atoms with Gasteiger partial charge < -0.3 is 20.1 Å². The molecule has 0 saturated carbocycles. The average molecular weight is 213 g/mol. The molecule has 15 heavy (non-hydrogen) atoms. The van der Waals surface area contributed by atoms with Crippen LogP contribution in [-0.2, 0) is 9.47 Å². The molecule has 5 heteroatoms. The van der Waals surface area contributed by atoms with Crippen LogP contribution < -0.4 is 10.6 Å². The van der Waals surface area contributed by atoms with Crippen LogP contribution in [0.3, 0.4) is 0 Å². The number of nitrogens with zero attached hydrogens (tertiary/aromatic N) is 1. The minimum Gasteiger partial charge on any atom is -0.354 e. The van der Waals surface area contributed by atoms with E-state index in [1.165, 1.54) is 0 Å². The molecule has 2 rings (SSSR count). The first kappa shape index (κ1) is 10.7. The molecular formula is C10H19N3O2. The highest BCUT2D eigenvalue weighted by Gasteiger charge is 2.16. The van der Waals surface area contributed by atoms with E-state index in [0.29, 0.717) is 12.6 Å². The average Bonchev–Trinajstić information content (AvgIpc) is 2.28. The van der Waals surface area contributed by atoms with Crippen molar-refractivity contribution in [3.8, 4) is 0 Å². The van der Waals surface area contributed by atoms with Crippen molar-refractivity contribution in [2.75, 3.05) is 26.3 Å². The molecule has 0 bridgehead atoms. The number of ether oxygens (including phenoxy) is 2. The molecule has 1 unspecified atom stereocenters. The molecule has 1 fully saturated rings. The standard InChI is InChI=1S/C10H19N3O2/c1-8-3-4-11-10(13-8)12-7-9-14-5-2-6-15-9/h8-9H,2-7H2,1H3,(H2,11,12,13). The zero-order chi connectivity index (χ0) is 10.5. The van der Waals surface area contributed by atoms with Gasteiger partial charge in [0.15, 0.2) is 12.2 Å². The molecule has 0 aromatic heterocycles. The van der Waals surface area contributed by atoms with E-state index in [1.54, 1.807) is 0 Å². The van der Waals surface area contributed by atoms with E-state index >= 15 is 0 Å². The Kier molecular flexibility index (Phi) is 3.80. The molecule has 1 atom stereocenters. The van der Waals surface area contributed by atoms with E-state index < -0.39 is 0 Å². The van der Waals surface area contributed by atoms with Gasteiger partial charge in [-0.05, 0) is 19.8 Å². The predicted octanol–water partition coefficient (Wildman–Crippen LogP) is 0.0768. The lowest BCUT2D eigenvalue weighted by molar-refractivity contribution is -0.173. The fourth-order valence-electron chi connectivity index (χ4n) is 1.66. The molecule has 2 heterocycles. The zero-order valence-corrected chi connectivity index (χ0v) is 9.16. The molecule has 0 amide bonds. The molecular weight excluding hydrogens is 194 g/mol. The lowest BCUT2D eigenvalue weighted by atomic mass is 10.2. The Balaban J connectivity index is 1.70. The van der Waals surface area contributed by atoms with Gasteiger partial charge in [-0.25, -0.2) is 0 Å². The Bertz CT molecular complexity index is 227. The highest BCUT2D eigenvalue weighted by atomic mass is 16.7. The Hall–Kier alpha value is -0.810. The molecule has 86 valence electrons. The lowest BCUT2D eigenvalue weighted by Crippen LogP contribution is -2.48. The number of hydrogen-bond donors (Lipinski definition) is 2. The van der Waals surface area contributed by atoms with Crippen molar-refractivity contribution in [3.63, 3.8) is 0 Å². The van der Waals surface area contributed by atoms with E-state index in [-0.39, 0.29) is 6.29 Å². The number of hydrogen-bond acceptors (Lipinski definition) is 5. The summed E-state index contributed by atoms with van der Waals surface area (Å²) in [6.45, 7) is 5.30. The minimum absolute atomic E-state index is 0.125. The molecule has 0 aromatic rings. The van der Waals surface area contributed by atoms with Crippen molar-refractivity contribution in [1.82, 2.24) is 10.6 Å². The second kappa shape index (κ2) is 5.32. The van der Waals surface area contributed by atoms with Crippen molar-refractivity contribution in [3.05, 3.63) is 0 Å². The van der Waals surface area contributed by atoms with Gasteiger partial charge in [-0.1, -0.05) is 0 Å². The summed E-state index contributed by atoms with van der Waals surface area (Å²) in [6.07, 6.45) is 1.97. The fraction of sp³-hybridized carbons (Fsp3) is 0.900. The molecule has 0 spiro atoms. The number of guanidine groups is 1. The first-order chi connectivity index (χ1) is 7.34. The van der Waals surface area contributed by atoms with Crippen LogP contribution in [0.1, 0.15) is 19.8 Å². The summed E-state index contributed by atoms with van der Waals surface area (Å²) in [5, 5.41) is 6.49. The molecule has 0 radical (unpaired) electrons. The molecule has 2 N–H and O–H groups in total. The molecule has 2 aliphatic rings. The van der Waals surface area contributed by atoms with Crippen molar-refractivity contribution in [2.24, 2.45) is 4.99 Å². The number of aliphatic imine (C=N–C) groups is 1. The minimum atomic E-state index is -0.125. The Labute approximate surface area is 90.2 Å². The SMILES string of the molecule is CC1CCN=C(NCC2OCCCO2)N1. The van der Waals surface area contributed by atoms with Crippen LogP contribution in [0, 0.1) is 0 Å². The van der Waals surface area contributed by atoms with Gasteiger partial charge in [0, 0.05) is 12.6 Å². The fourth-order valence-corrected chi connectivity index (χ4v) is 1.66.